The molecular weight excluding hydrogens is 508 g/mol. The Bertz CT molecular complexity index is 804. The molecule has 0 heterocycles. The molecule has 0 saturated carbocycles. The number of nitrogens with zero attached hydrogens (tertiary/aromatic N) is 2. The number of aliphatic carboxylic acids is 1. The Kier molecular flexibility index (Phi) is 17.2. The van der Waals surface area contributed by atoms with Crippen molar-refractivity contribution in [2.24, 2.45) is 38.7 Å². The van der Waals surface area contributed by atoms with E-state index in [4.69, 9.17) is 28.7 Å². The van der Waals surface area contributed by atoms with Crippen molar-refractivity contribution >= 4 is 47.4 Å². The van der Waals surface area contributed by atoms with E-state index in [1.807, 2.05) is 0 Å². The third-order valence-electron chi connectivity index (χ3n) is 4.92. The maximum atomic E-state index is 12.8. The largest absolute Gasteiger partial charge is 0.480 e. The van der Waals surface area contributed by atoms with Crippen molar-refractivity contribution < 1.29 is 29.4 Å². The number of carbonyl (C=O) groups is 4. The van der Waals surface area contributed by atoms with Gasteiger partial charge in [-0.2, -0.15) is 11.8 Å². The number of aliphatic hydroxyl groups excluding tert-OH is 1. The van der Waals surface area contributed by atoms with Gasteiger partial charge < -0.3 is 54.8 Å². The first kappa shape index (κ1) is 33.7. The number of guanidine groups is 2. The molecule has 0 rings (SSSR count). The molecular formula is C20H40N10O6S. The van der Waals surface area contributed by atoms with Gasteiger partial charge in [0.1, 0.15) is 18.1 Å². The van der Waals surface area contributed by atoms with E-state index in [2.05, 4.69) is 25.9 Å². The summed E-state index contributed by atoms with van der Waals surface area (Å²) in [5, 5.41) is 26.3. The fourth-order valence-corrected chi connectivity index (χ4v) is 3.40. The molecule has 0 aliphatic rings. The highest BCUT2D eigenvalue weighted by atomic mass is 32.2. The maximum absolute atomic E-state index is 12.8. The van der Waals surface area contributed by atoms with E-state index in [1.165, 1.54) is 11.8 Å². The number of nitrogens with two attached hydrogens (primary N) is 5. The molecule has 0 radical (unpaired) electrons. The minimum absolute atomic E-state index is 0.0530. The fourth-order valence-electron chi connectivity index (χ4n) is 2.93. The molecule has 17 heteroatoms. The Balaban J connectivity index is 5.13. The number of nitrogens with one attached hydrogen (secondary N) is 3. The van der Waals surface area contributed by atoms with Crippen LogP contribution in [0.2, 0.25) is 0 Å². The molecule has 4 atom stereocenters. The smallest absolute Gasteiger partial charge is 0.326 e. The van der Waals surface area contributed by atoms with E-state index in [9.17, 15) is 29.4 Å². The van der Waals surface area contributed by atoms with Gasteiger partial charge in [0.2, 0.25) is 17.7 Å². The fraction of sp³-hybridized carbons (Fsp3) is 0.700. The number of rotatable bonds is 19. The predicted molar refractivity (Wildman–Crippen MR) is 141 cm³/mol. The summed E-state index contributed by atoms with van der Waals surface area (Å²) in [7, 11) is 0. The molecule has 37 heavy (non-hydrogen) atoms. The van der Waals surface area contributed by atoms with E-state index in [0.29, 0.717) is 18.6 Å². The lowest BCUT2D eigenvalue weighted by molar-refractivity contribution is -0.142. The lowest BCUT2D eigenvalue weighted by atomic mass is 10.1. The Morgan fingerprint density at radius 1 is 0.784 bits per heavy atom. The molecule has 0 bridgehead atoms. The lowest BCUT2D eigenvalue weighted by Crippen LogP contribution is -2.58. The van der Waals surface area contributed by atoms with Crippen molar-refractivity contribution in [3.05, 3.63) is 0 Å². The predicted octanol–water partition coefficient (Wildman–Crippen LogP) is -4.29. The van der Waals surface area contributed by atoms with Crippen LogP contribution in [-0.2, 0) is 19.2 Å². The molecule has 3 amide bonds. The second kappa shape index (κ2) is 18.9. The molecule has 16 nitrogen and oxygen atoms in total. The van der Waals surface area contributed by atoms with Crippen molar-refractivity contribution in [1.29, 1.82) is 0 Å². The van der Waals surface area contributed by atoms with E-state index in [1.54, 1.807) is 6.26 Å². The van der Waals surface area contributed by atoms with Crippen LogP contribution in [0.15, 0.2) is 9.98 Å². The van der Waals surface area contributed by atoms with Crippen LogP contribution >= 0.6 is 11.8 Å². The molecule has 212 valence electrons. The first-order valence-electron chi connectivity index (χ1n) is 11.5. The quantitative estimate of drug-likeness (QED) is 0.0416. The lowest BCUT2D eigenvalue weighted by Gasteiger charge is -2.24. The highest BCUT2D eigenvalue weighted by molar-refractivity contribution is 7.98. The van der Waals surface area contributed by atoms with Crippen LogP contribution in [0.1, 0.15) is 32.1 Å². The average molecular weight is 549 g/mol. The van der Waals surface area contributed by atoms with Crippen molar-refractivity contribution in [3.8, 4) is 0 Å². The number of carbonyl (C=O) groups excluding carboxylic acids is 3. The van der Waals surface area contributed by atoms with Crippen LogP contribution in [0.25, 0.3) is 0 Å². The number of amides is 3. The summed E-state index contributed by atoms with van der Waals surface area (Å²) in [6.45, 7) is -0.300. The second-order valence-corrected chi connectivity index (χ2v) is 8.98. The average Bonchev–Trinajstić information content (AvgIpc) is 2.83. The number of thioether (sulfide) groups is 1. The third kappa shape index (κ3) is 15.4. The van der Waals surface area contributed by atoms with Gasteiger partial charge in [0.05, 0.1) is 12.6 Å². The van der Waals surface area contributed by atoms with E-state index >= 15 is 0 Å². The van der Waals surface area contributed by atoms with E-state index < -0.39 is 54.5 Å². The maximum Gasteiger partial charge on any atom is 0.326 e. The Labute approximate surface area is 219 Å². The summed E-state index contributed by atoms with van der Waals surface area (Å²) < 4.78 is 0. The highest BCUT2D eigenvalue weighted by Gasteiger charge is 2.29. The molecule has 0 saturated heterocycles. The SMILES string of the molecule is CSCCC(NC(=O)C(CO)NC(=O)C(N)CCCN=C(N)N)C(=O)NC(CCCN=C(N)N)C(=O)O. The summed E-state index contributed by atoms with van der Waals surface area (Å²) in [5.74, 6) is -3.25. The second-order valence-electron chi connectivity index (χ2n) is 7.99. The summed E-state index contributed by atoms with van der Waals surface area (Å²) in [4.78, 5) is 57.0. The Morgan fingerprint density at radius 3 is 1.76 bits per heavy atom. The summed E-state index contributed by atoms with van der Waals surface area (Å²) in [6.07, 6.45) is 2.96. The van der Waals surface area contributed by atoms with Gasteiger partial charge in [-0.25, -0.2) is 4.79 Å². The van der Waals surface area contributed by atoms with Crippen molar-refractivity contribution in [2.45, 2.75) is 56.3 Å². The Hall–Kier alpha value is -3.31. The van der Waals surface area contributed by atoms with Crippen LogP contribution in [0, 0.1) is 0 Å². The number of hydrogen-bond acceptors (Lipinski definition) is 9. The topological polar surface area (TPSA) is 300 Å². The van der Waals surface area contributed by atoms with E-state index in [-0.39, 0.29) is 44.3 Å². The third-order valence-corrected chi connectivity index (χ3v) is 5.57. The van der Waals surface area contributed by atoms with Gasteiger partial charge in [-0.1, -0.05) is 0 Å². The minimum Gasteiger partial charge on any atom is -0.480 e. The van der Waals surface area contributed by atoms with Crippen LogP contribution in [-0.4, -0.2) is 102 Å². The molecule has 0 aromatic rings. The summed E-state index contributed by atoms with van der Waals surface area (Å²) in [6, 6.07) is -4.71. The zero-order valence-electron chi connectivity index (χ0n) is 20.9. The normalized spacial score (nSPS) is 13.8. The number of carboxylic acid groups (broad SMARTS) is 1. The van der Waals surface area contributed by atoms with Crippen LogP contribution < -0.4 is 44.6 Å². The number of carboxylic acids is 1. The van der Waals surface area contributed by atoms with Gasteiger partial charge in [0, 0.05) is 13.1 Å². The first-order valence-corrected chi connectivity index (χ1v) is 12.9. The molecule has 4 unspecified atom stereocenters. The molecule has 15 N–H and O–H groups in total. The van der Waals surface area contributed by atoms with E-state index in [0.717, 1.165) is 0 Å². The zero-order chi connectivity index (χ0) is 28.4. The van der Waals surface area contributed by atoms with Gasteiger partial charge in [-0.3, -0.25) is 24.4 Å². The van der Waals surface area contributed by atoms with Crippen LogP contribution in [0.3, 0.4) is 0 Å². The molecule has 0 aromatic heterocycles. The number of hydrogen-bond donors (Lipinski definition) is 10. The standard InChI is InChI=1S/C20H40N10O6S/c1-37-9-6-12(16(33)29-13(18(35)36)5-3-8-27-20(24)25)28-17(34)14(10-31)30-15(32)11(21)4-2-7-26-19(22)23/h11-14,31H,2-10,21H2,1H3,(H,28,34)(H,29,33)(H,30,32)(H,35,36)(H4,22,23,26)(H4,24,25,27). The van der Waals surface area contributed by atoms with Crippen molar-refractivity contribution in [2.75, 3.05) is 31.7 Å². The van der Waals surface area contributed by atoms with Gasteiger partial charge in [0.15, 0.2) is 11.9 Å². The number of aliphatic hydroxyl groups is 1. The van der Waals surface area contributed by atoms with Crippen molar-refractivity contribution in [3.63, 3.8) is 0 Å². The Morgan fingerprint density at radius 2 is 1.27 bits per heavy atom. The summed E-state index contributed by atoms with van der Waals surface area (Å²) >= 11 is 1.41. The van der Waals surface area contributed by atoms with Crippen molar-refractivity contribution in [1.82, 2.24) is 16.0 Å². The molecule has 0 spiro atoms. The highest BCUT2D eigenvalue weighted by Crippen LogP contribution is 2.05. The monoisotopic (exact) mass is 548 g/mol. The zero-order valence-corrected chi connectivity index (χ0v) is 21.7. The summed E-state index contributed by atoms with van der Waals surface area (Å²) in [5.41, 5.74) is 26.8. The molecule has 0 fully saturated rings. The van der Waals surface area contributed by atoms with Gasteiger partial charge in [0.25, 0.3) is 0 Å². The number of aliphatic imine (C=N–C) groups is 2. The molecule has 0 aromatic carbocycles. The van der Waals surface area contributed by atoms with Gasteiger partial charge >= 0.3 is 5.97 Å². The van der Waals surface area contributed by atoms with Gasteiger partial charge in [-0.05, 0) is 44.1 Å². The van der Waals surface area contributed by atoms with Crippen LogP contribution in [0.5, 0.6) is 0 Å². The minimum atomic E-state index is -1.38. The van der Waals surface area contributed by atoms with Gasteiger partial charge in [-0.15, -0.1) is 0 Å². The molecule has 0 aliphatic heterocycles. The molecule has 0 aliphatic carbocycles. The van der Waals surface area contributed by atoms with Crippen LogP contribution in [0.4, 0.5) is 0 Å². The first-order chi connectivity index (χ1) is 17.4.